The first kappa shape index (κ1) is 12.9. The van der Waals surface area contributed by atoms with E-state index in [1.54, 1.807) is 0 Å². The molecule has 0 amide bonds. The summed E-state index contributed by atoms with van der Waals surface area (Å²) in [7, 11) is 0. The summed E-state index contributed by atoms with van der Waals surface area (Å²) in [6.07, 6.45) is 6.94. The zero-order valence-corrected chi connectivity index (χ0v) is 10.6. The third-order valence-corrected chi connectivity index (χ3v) is 3.00. The monoisotopic (exact) mass is 220 g/mol. The van der Waals surface area contributed by atoms with Crippen LogP contribution < -0.4 is 11.5 Å². The minimum absolute atomic E-state index is 0.853. The van der Waals surface area contributed by atoms with Gasteiger partial charge in [-0.2, -0.15) is 0 Å². The predicted octanol–water partition coefficient (Wildman–Crippen LogP) is 3.54. The van der Waals surface area contributed by atoms with Gasteiger partial charge in [0.15, 0.2) is 0 Å². The van der Waals surface area contributed by atoms with Crippen molar-refractivity contribution in [2.75, 3.05) is 11.5 Å². The summed E-state index contributed by atoms with van der Waals surface area (Å²) in [5.74, 6) is 0. The fourth-order valence-corrected chi connectivity index (χ4v) is 1.90. The Morgan fingerprint density at radius 2 is 1.25 bits per heavy atom. The molecule has 2 heteroatoms. The van der Waals surface area contributed by atoms with E-state index >= 15 is 0 Å². The molecule has 0 saturated carbocycles. The van der Waals surface area contributed by atoms with Crippen LogP contribution in [-0.2, 0) is 12.8 Å². The third kappa shape index (κ3) is 3.44. The van der Waals surface area contributed by atoms with Crippen LogP contribution in [0.2, 0.25) is 0 Å². The molecule has 0 fully saturated rings. The number of nitrogens with two attached hydrogens (primary N) is 2. The van der Waals surface area contributed by atoms with Crippen molar-refractivity contribution >= 4 is 11.4 Å². The van der Waals surface area contributed by atoms with E-state index in [0.717, 1.165) is 24.2 Å². The van der Waals surface area contributed by atoms with Crippen LogP contribution in [0.3, 0.4) is 0 Å². The van der Waals surface area contributed by atoms with E-state index in [4.69, 9.17) is 11.5 Å². The molecule has 90 valence electrons. The molecule has 0 spiro atoms. The van der Waals surface area contributed by atoms with E-state index in [9.17, 15) is 0 Å². The second kappa shape index (κ2) is 6.41. The highest BCUT2D eigenvalue weighted by molar-refractivity contribution is 5.61. The summed E-state index contributed by atoms with van der Waals surface area (Å²) in [6.45, 7) is 4.40. The topological polar surface area (TPSA) is 52.0 Å². The van der Waals surface area contributed by atoms with Gasteiger partial charge in [0.2, 0.25) is 0 Å². The second-order valence-electron chi connectivity index (χ2n) is 4.46. The number of hydrogen-bond acceptors (Lipinski definition) is 2. The average Bonchev–Trinajstić information content (AvgIpc) is 2.26. The van der Waals surface area contributed by atoms with Gasteiger partial charge in [-0.3, -0.25) is 0 Å². The molecule has 0 aliphatic heterocycles. The standard InChI is InChI=1S/C14H24N2/c1-3-5-7-11-9-12(8-6-4-2)14(16)10-13(11)15/h9-10H,3-8,15-16H2,1-2H3. The maximum Gasteiger partial charge on any atom is 0.0367 e. The van der Waals surface area contributed by atoms with Crippen molar-refractivity contribution in [2.45, 2.75) is 52.4 Å². The molecular formula is C14H24N2. The number of anilines is 2. The van der Waals surface area contributed by atoms with Crippen molar-refractivity contribution in [3.63, 3.8) is 0 Å². The smallest absolute Gasteiger partial charge is 0.0367 e. The molecule has 0 bridgehead atoms. The van der Waals surface area contributed by atoms with Crippen LogP contribution in [0.15, 0.2) is 12.1 Å². The highest BCUT2D eigenvalue weighted by Gasteiger charge is 2.05. The summed E-state index contributed by atoms with van der Waals surface area (Å²) in [6, 6.07) is 4.13. The number of hydrogen-bond donors (Lipinski definition) is 2. The van der Waals surface area contributed by atoms with Gasteiger partial charge in [-0.1, -0.05) is 32.8 Å². The van der Waals surface area contributed by atoms with Gasteiger partial charge in [-0.25, -0.2) is 0 Å². The van der Waals surface area contributed by atoms with E-state index in [-0.39, 0.29) is 0 Å². The van der Waals surface area contributed by atoms with Crippen LogP contribution >= 0.6 is 0 Å². The lowest BCUT2D eigenvalue weighted by atomic mass is 9.99. The largest absolute Gasteiger partial charge is 0.398 e. The Morgan fingerprint density at radius 1 is 0.812 bits per heavy atom. The zero-order chi connectivity index (χ0) is 12.0. The van der Waals surface area contributed by atoms with Crippen LogP contribution in [0.1, 0.15) is 50.7 Å². The lowest BCUT2D eigenvalue weighted by Gasteiger charge is -2.11. The van der Waals surface area contributed by atoms with Crippen molar-refractivity contribution in [3.05, 3.63) is 23.3 Å². The van der Waals surface area contributed by atoms with Crippen LogP contribution in [0.5, 0.6) is 0 Å². The normalized spacial score (nSPS) is 10.6. The molecular weight excluding hydrogens is 196 g/mol. The summed E-state index contributed by atoms with van der Waals surface area (Å²) >= 11 is 0. The van der Waals surface area contributed by atoms with Gasteiger partial charge in [0.05, 0.1) is 0 Å². The minimum Gasteiger partial charge on any atom is -0.398 e. The van der Waals surface area contributed by atoms with Crippen LogP contribution in [0.25, 0.3) is 0 Å². The van der Waals surface area contributed by atoms with Crippen molar-refractivity contribution in [3.8, 4) is 0 Å². The van der Waals surface area contributed by atoms with E-state index in [1.807, 2.05) is 6.07 Å². The average molecular weight is 220 g/mol. The van der Waals surface area contributed by atoms with E-state index in [1.165, 1.54) is 36.8 Å². The van der Waals surface area contributed by atoms with Gasteiger partial charge in [0, 0.05) is 11.4 Å². The molecule has 16 heavy (non-hydrogen) atoms. The summed E-state index contributed by atoms with van der Waals surface area (Å²) < 4.78 is 0. The van der Waals surface area contributed by atoms with Gasteiger partial charge in [-0.15, -0.1) is 0 Å². The number of aryl methyl sites for hydroxylation is 2. The number of rotatable bonds is 6. The van der Waals surface area contributed by atoms with Gasteiger partial charge in [-0.05, 0) is 42.9 Å². The Balaban J connectivity index is 2.83. The van der Waals surface area contributed by atoms with E-state index < -0.39 is 0 Å². The molecule has 0 saturated heterocycles. The first-order chi connectivity index (χ1) is 7.69. The van der Waals surface area contributed by atoms with Crippen molar-refractivity contribution < 1.29 is 0 Å². The summed E-state index contributed by atoms with van der Waals surface area (Å²) in [4.78, 5) is 0. The third-order valence-electron chi connectivity index (χ3n) is 3.00. The van der Waals surface area contributed by atoms with Gasteiger partial charge in [0.25, 0.3) is 0 Å². The maximum absolute atomic E-state index is 5.98. The molecule has 0 radical (unpaired) electrons. The van der Waals surface area contributed by atoms with Crippen LogP contribution in [0, 0.1) is 0 Å². The molecule has 1 rings (SSSR count). The van der Waals surface area contributed by atoms with Crippen molar-refractivity contribution in [1.82, 2.24) is 0 Å². The number of benzene rings is 1. The Kier molecular flexibility index (Phi) is 5.17. The molecule has 1 aromatic carbocycles. The molecule has 0 heterocycles. The molecule has 0 unspecified atom stereocenters. The fourth-order valence-electron chi connectivity index (χ4n) is 1.90. The SMILES string of the molecule is CCCCc1cc(CCCC)c(N)cc1N. The molecule has 1 aromatic rings. The zero-order valence-electron chi connectivity index (χ0n) is 10.6. The molecule has 4 N–H and O–H groups in total. The Hall–Kier alpha value is -1.18. The molecule has 0 aromatic heterocycles. The van der Waals surface area contributed by atoms with Crippen LogP contribution in [-0.4, -0.2) is 0 Å². The second-order valence-corrected chi connectivity index (χ2v) is 4.46. The van der Waals surface area contributed by atoms with Crippen LogP contribution in [0.4, 0.5) is 11.4 Å². The van der Waals surface area contributed by atoms with Crippen molar-refractivity contribution in [2.24, 2.45) is 0 Å². The highest BCUT2D eigenvalue weighted by atomic mass is 14.6. The summed E-state index contributed by atoms with van der Waals surface area (Å²) in [5, 5.41) is 0. The summed E-state index contributed by atoms with van der Waals surface area (Å²) in [5.41, 5.74) is 16.2. The lowest BCUT2D eigenvalue weighted by Crippen LogP contribution is -2.01. The number of unbranched alkanes of at least 4 members (excludes halogenated alkanes) is 2. The number of nitrogen functional groups attached to an aromatic ring is 2. The first-order valence-corrected chi connectivity index (χ1v) is 6.35. The molecule has 0 aliphatic rings. The molecule has 0 aliphatic carbocycles. The first-order valence-electron chi connectivity index (χ1n) is 6.35. The molecule has 2 nitrogen and oxygen atoms in total. The Morgan fingerprint density at radius 3 is 1.62 bits per heavy atom. The minimum atomic E-state index is 0.853. The quantitative estimate of drug-likeness (QED) is 0.720. The Labute approximate surface area is 99.0 Å². The van der Waals surface area contributed by atoms with Crippen molar-refractivity contribution in [1.29, 1.82) is 0 Å². The fraction of sp³-hybridized carbons (Fsp3) is 0.571. The molecule has 0 atom stereocenters. The maximum atomic E-state index is 5.98. The van der Waals surface area contributed by atoms with Gasteiger partial charge < -0.3 is 11.5 Å². The van der Waals surface area contributed by atoms with E-state index in [0.29, 0.717) is 0 Å². The Bertz CT molecular complexity index is 303. The highest BCUT2D eigenvalue weighted by Crippen LogP contribution is 2.24. The van der Waals surface area contributed by atoms with Gasteiger partial charge >= 0.3 is 0 Å². The lowest BCUT2D eigenvalue weighted by molar-refractivity contribution is 0.783. The van der Waals surface area contributed by atoms with Gasteiger partial charge in [0.1, 0.15) is 0 Å². The predicted molar refractivity (Wildman–Crippen MR) is 72.5 cm³/mol. The van der Waals surface area contributed by atoms with E-state index in [2.05, 4.69) is 19.9 Å².